The Hall–Kier alpha value is -1.39. The molecule has 0 N–H and O–H groups in total. The molecule has 0 bridgehead atoms. The standard InChI is InChI=1S/C8H12O5/c1-4-5(9)6(7(10)12-2)8(11)13-3/h6H,4H2,1-3H3. The summed E-state index contributed by atoms with van der Waals surface area (Å²) in [6, 6.07) is 0. The van der Waals surface area contributed by atoms with Crippen LogP contribution >= 0.6 is 0 Å². The molecule has 0 aliphatic rings. The molecule has 0 aliphatic heterocycles. The van der Waals surface area contributed by atoms with Crippen molar-refractivity contribution in [3.8, 4) is 0 Å². The summed E-state index contributed by atoms with van der Waals surface area (Å²) in [5.74, 6) is -3.68. The molecule has 5 nitrogen and oxygen atoms in total. The summed E-state index contributed by atoms with van der Waals surface area (Å²) < 4.78 is 8.60. The average Bonchev–Trinajstić information content (AvgIpc) is 2.16. The molecule has 0 amide bonds. The molecule has 0 atom stereocenters. The van der Waals surface area contributed by atoms with Crippen molar-refractivity contribution in [3.63, 3.8) is 0 Å². The Kier molecular flexibility index (Phi) is 4.72. The zero-order valence-electron chi connectivity index (χ0n) is 7.83. The van der Waals surface area contributed by atoms with Gasteiger partial charge in [0.1, 0.15) is 0 Å². The van der Waals surface area contributed by atoms with Gasteiger partial charge in [0.2, 0.25) is 5.92 Å². The van der Waals surface area contributed by atoms with E-state index in [2.05, 4.69) is 9.47 Å². The van der Waals surface area contributed by atoms with Crippen LogP contribution in [0.5, 0.6) is 0 Å². The van der Waals surface area contributed by atoms with Crippen molar-refractivity contribution in [2.45, 2.75) is 13.3 Å². The van der Waals surface area contributed by atoms with Gasteiger partial charge in [0.15, 0.2) is 5.78 Å². The summed E-state index contributed by atoms with van der Waals surface area (Å²) in [7, 11) is 2.22. The fourth-order valence-corrected chi connectivity index (χ4v) is 0.799. The highest BCUT2D eigenvalue weighted by Gasteiger charge is 2.34. The van der Waals surface area contributed by atoms with Gasteiger partial charge in [0.25, 0.3) is 0 Å². The van der Waals surface area contributed by atoms with E-state index in [-0.39, 0.29) is 6.42 Å². The molecule has 0 aromatic carbocycles. The summed E-state index contributed by atoms with van der Waals surface area (Å²) in [5, 5.41) is 0. The Morgan fingerprint density at radius 3 is 1.69 bits per heavy atom. The first kappa shape index (κ1) is 11.6. The van der Waals surface area contributed by atoms with Crippen LogP contribution in [-0.2, 0) is 23.9 Å². The van der Waals surface area contributed by atoms with Gasteiger partial charge in [0.05, 0.1) is 14.2 Å². The highest BCUT2D eigenvalue weighted by atomic mass is 16.5. The van der Waals surface area contributed by atoms with Crippen LogP contribution < -0.4 is 0 Å². The molecule has 0 aliphatic carbocycles. The van der Waals surface area contributed by atoms with E-state index in [0.29, 0.717) is 0 Å². The Balaban J connectivity index is 4.64. The number of methoxy groups -OCH3 is 2. The number of hydrogen-bond donors (Lipinski definition) is 0. The predicted octanol–water partition coefficient (Wildman–Crippen LogP) is -0.0723. The summed E-state index contributed by atoms with van der Waals surface area (Å²) in [6.07, 6.45) is 0.0921. The van der Waals surface area contributed by atoms with Gasteiger partial charge in [-0.3, -0.25) is 14.4 Å². The molecule has 0 unspecified atom stereocenters. The Morgan fingerprint density at radius 2 is 1.46 bits per heavy atom. The second-order valence-corrected chi connectivity index (χ2v) is 2.30. The largest absolute Gasteiger partial charge is 0.468 e. The molecule has 0 spiro atoms. The molecule has 0 aromatic rings. The number of carbonyl (C=O) groups excluding carboxylic acids is 3. The van der Waals surface area contributed by atoms with Gasteiger partial charge >= 0.3 is 11.9 Å². The second kappa shape index (κ2) is 5.29. The number of rotatable bonds is 4. The van der Waals surface area contributed by atoms with Gasteiger partial charge in [0, 0.05) is 6.42 Å². The molecule has 0 heterocycles. The third-order valence-corrected chi connectivity index (χ3v) is 1.54. The Morgan fingerprint density at radius 1 is 1.08 bits per heavy atom. The molecular weight excluding hydrogens is 176 g/mol. The van der Waals surface area contributed by atoms with Crippen LogP contribution in [0, 0.1) is 5.92 Å². The van der Waals surface area contributed by atoms with Gasteiger partial charge in [-0.2, -0.15) is 0 Å². The molecule has 74 valence electrons. The molecule has 13 heavy (non-hydrogen) atoms. The van der Waals surface area contributed by atoms with Crippen LogP contribution in [0.3, 0.4) is 0 Å². The third kappa shape index (κ3) is 2.85. The van der Waals surface area contributed by atoms with Crippen LogP contribution in [-0.4, -0.2) is 31.9 Å². The van der Waals surface area contributed by atoms with Crippen molar-refractivity contribution in [3.05, 3.63) is 0 Å². The van der Waals surface area contributed by atoms with E-state index in [4.69, 9.17) is 0 Å². The number of ketones is 1. The first-order valence-corrected chi connectivity index (χ1v) is 3.76. The summed E-state index contributed by atoms with van der Waals surface area (Å²) >= 11 is 0. The van der Waals surface area contributed by atoms with E-state index in [1.807, 2.05) is 0 Å². The zero-order chi connectivity index (χ0) is 10.4. The van der Waals surface area contributed by atoms with Crippen molar-refractivity contribution in [2.24, 2.45) is 5.92 Å². The SMILES string of the molecule is CCC(=O)C(C(=O)OC)C(=O)OC. The lowest BCUT2D eigenvalue weighted by molar-refractivity contribution is -0.161. The monoisotopic (exact) mass is 188 g/mol. The lowest BCUT2D eigenvalue weighted by atomic mass is 10.0. The number of ether oxygens (including phenoxy) is 2. The fraction of sp³-hybridized carbons (Fsp3) is 0.625. The first-order chi connectivity index (χ1) is 6.08. The maximum Gasteiger partial charge on any atom is 0.327 e. The lowest BCUT2D eigenvalue weighted by Gasteiger charge is -2.09. The minimum absolute atomic E-state index is 0.0921. The molecule has 0 fully saturated rings. The zero-order valence-corrected chi connectivity index (χ0v) is 7.83. The smallest absolute Gasteiger partial charge is 0.327 e. The predicted molar refractivity (Wildman–Crippen MR) is 42.8 cm³/mol. The van der Waals surface area contributed by atoms with Crippen LogP contribution in [0.4, 0.5) is 0 Å². The molecule has 0 saturated heterocycles. The quantitative estimate of drug-likeness (QED) is 0.456. The topological polar surface area (TPSA) is 69.7 Å². The minimum atomic E-state index is -1.43. The van der Waals surface area contributed by atoms with E-state index in [1.165, 1.54) is 0 Å². The van der Waals surface area contributed by atoms with Crippen molar-refractivity contribution in [2.75, 3.05) is 14.2 Å². The van der Waals surface area contributed by atoms with Crippen LogP contribution in [0.15, 0.2) is 0 Å². The van der Waals surface area contributed by atoms with Gasteiger partial charge in [-0.15, -0.1) is 0 Å². The molecule has 0 rings (SSSR count). The Labute approximate surface area is 76.0 Å². The molecule has 0 aromatic heterocycles. The van der Waals surface area contributed by atoms with Crippen LogP contribution in [0.2, 0.25) is 0 Å². The van der Waals surface area contributed by atoms with Gasteiger partial charge in [-0.05, 0) is 0 Å². The van der Waals surface area contributed by atoms with Gasteiger partial charge in [-0.25, -0.2) is 0 Å². The second-order valence-electron chi connectivity index (χ2n) is 2.30. The van der Waals surface area contributed by atoms with E-state index < -0.39 is 23.6 Å². The third-order valence-electron chi connectivity index (χ3n) is 1.54. The first-order valence-electron chi connectivity index (χ1n) is 3.76. The maximum atomic E-state index is 11.1. The lowest BCUT2D eigenvalue weighted by Crippen LogP contribution is -2.33. The highest BCUT2D eigenvalue weighted by molar-refractivity contribution is 6.14. The van der Waals surface area contributed by atoms with Crippen LogP contribution in [0.25, 0.3) is 0 Å². The van der Waals surface area contributed by atoms with Crippen molar-refractivity contribution < 1.29 is 23.9 Å². The molecular formula is C8H12O5. The molecule has 0 radical (unpaired) electrons. The van der Waals surface area contributed by atoms with E-state index in [9.17, 15) is 14.4 Å². The summed E-state index contributed by atoms with van der Waals surface area (Å²) in [5.41, 5.74) is 0. The number of Topliss-reactive ketones (excluding diaryl/α,β-unsaturated/α-hetero) is 1. The van der Waals surface area contributed by atoms with E-state index in [1.54, 1.807) is 6.92 Å². The highest BCUT2D eigenvalue weighted by Crippen LogP contribution is 2.06. The van der Waals surface area contributed by atoms with Crippen molar-refractivity contribution in [1.29, 1.82) is 0 Å². The van der Waals surface area contributed by atoms with Gasteiger partial charge in [-0.1, -0.05) is 6.92 Å². The Bertz CT molecular complexity index is 183. The molecule has 0 saturated carbocycles. The number of carbonyl (C=O) groups is 3. The average molecular weight is 188 g/mol. The normalized spacial score (nSPS) is 9.54. The maximum absolute atomic E-state index is 11.1. The van der Waals surface area contributed by atoms with Crippen molar-refractivity contribution in [1.82, 2.24) is 0 Å². The summed E-state index contributed by atoms with van der Waals surface area (Å²) in [4.78, 5) is 33.0. The fourth-order valence-electron chi connectivity index (χ4n) is 0.799. The van der Waals surface area contributed by atoms with E-state index >= 15 is 0 Å². The van der Waals surface area contributed by atoms with Gasteiger partial charge < -0.3 is 9.47 Å². The van der Waals surface area contributed by atoms with E-state index in [0.717, 1.165) is 14.2 Å². The minimum Gasteiger partial charge on any atom is -0.468 e. The number of esters is 2. The molecule has 5 heteroatoms. The van der Waals surface area contributed by atoms with Crippen molar-refractivity contribution >= 4 is 17.7 Å². The summed E-state index contributed by atoms with van der Waals surface area (Å²) in [6.45, 7) is 1.56. The van der Waals surface area contributed by atoms with Crippen LogP contribution in [0.1, 0.15) is 13.3 Å². The number of hydrogen-bond acceptors (Lipinski definition) is 5.